The summed E-state index contributed by atoms with van der Waals surface area (Å²) in [6.45, 7) is 7.67. The van der Waals surface area contributed by atoms with Crippen LogP contribution in [0.25, 0.3) is 0 Å². The standard InChI is InChI=1S/C17H32O6/c1-5-7-9-20-15-12-22-14(11-19-4)17(23-13(3)18)16(15)21-10-8-6-2/h14-17H,5-12H2,1-4H3/t14-,15+,16-,17-/m1/s1. The number of ether oxygens (including phenoxy) is 5. The van der Waals surface area contributed by atoms with E-state index in [0.29, 0.717) is 26.4 Å². The van der Waals surface area contributed by atoms with Crippen LogP contribution in [0.3, 0.4) is 0 Å². The van der Waals surface area contributed by atoms with Gasteiger partial charge in [-0.05, 0) is 12.8 Å². The van der Waals surface area contributed by atoms with Crippen molar-refractivity contribution < 1.29 is 28.5 Å². The molecule has 23 heavy (non-hydrogen) atoms. The Morgan fingerprint density at radius 2 is 1.74 bits per heavy atom. The zero-order valence-electron chi connectivity index (χ0n) is 14.9. The molecule has 0 saturated carbocycles. The van der Waals surface area contributed by atoms with E-state index >= 15 is 0 Å². The van der Waals surface area contributed by atoms with Gasteiger partial charge in [0.05, 0.1) is 13.2 Å². The topological polar surface area (TPSA) is 63.2 Å². The van der Waals surface area contributed by atoms with E-state index in [4.69, 9.17) is 23.7 Å². The van der Waals surface area contributed by atoms with Crippen LogP contribution in [0.15, 0.2) is 0 Å². The predicted molar refractivity (Wildman–Crippen MR) is 86.5 cm³/mol. The number of unbranched alkanes of at least 4 members (excludes halogenated alkanes) is 2. The molecule has 1 heterocycles. The largest absolute Gasteiger partial charge is 0.457 e. The number of carbonyl (C=O) groups is 1. The highest BCUT2D eigenvalue weighted by molar-refractivity contribution is 5.66. The number of methoxy groups -OCH3 is 1. The molecule has 0 aromatic heterocycles. The maximum absolute atomic E-state index is 11.5. The lowest BCUT2D eigenvalue weighted by Crippen LogP contribution is -2.58. The van der Waals surface area contributed by atoms with Gasteiger partial charge in [0.1, 0.15) is 18.3 Å². The van der Waals surface area contributed by atoms with Crippen molar-refractivity contribution in [3.63, 3.8) is 0 Å². The van der Waals surface area contributed by atoms with Crippen LogP contribution >= 0.6 is 0 Å². The third kappa shape index (κ3) is 7.16. The van der Waals surface area contributed by atoms with Gasteiger partial charge in [0.15, 0.2) is 6.10 Å². The fourth-order valence-corrected chi connectivity index (χ4v) is 2.56. The van der Waals surface area contributed by atoms with Gasteiger partial charge in [-0.2, -0.15) is 0 Å². The number of hydrogen-bond acceptors (Lipinski definition) is 6. The molecule has 0 spiro atoms. The maximum Gasteiger partial charge on any atom is 0.303 e. The van der Waals surface area contributed by atoms with E-state index in [1.54, 1.807) is 7.11 Å². The highest BCUT2D eigenvalue weighted by atomic mass is 16.6. The Bertz CT molecular complexity index is 322. The van der Waals surface area contributed by atoms with E-state index in [1.807, 2.05) is 0 Å². The van der Waals surface area contributed by atoms with Gasteiger partial charge < -0.3 is 23.7 Å². The van der Waals surface area contributed by atoms with E-state index in [-0.39, 0.29) is 24.3 Å². The van der Waals surface area contributed by atoms with Crippen LogP contribution in [0.4, 0.5) is 0 Å². The molecule has 0 unspecified atom stereocenters. The number of rotatable bonds is 11. The molecule has 0 aliphatic carbocycles. The average Bonchev–Trinajstić information content (AvgIpc) is 2.52. The first-order valence-corrected chi connectivity index (χ1v) is 8.64. The highest BCUT2D eigenvalue weighted by Gasteiger charge is 2.44. The summed E-state index contributed by atoms with van der Waals surface area (Å²) in [4.78, 5) is 11.5. The molecular weight excluding hydrogens is 300 g/mol. The van der Waals surface area contributed by atoms with Crippen molar-refractivity contribution >= 4 is 5.97 Å². The normalized spacial score (nSPS) is 27.8. The molecule has 1 aliphatic heterocycles. The molecule has 1 saturated heterocycles. The minimum Gasteiger partial charge on any atom is -0.457 e. The molecule has 136 valence electrons. The zero-order chi connectivity index (χ0) is 17.1. The van der Waals surface area contributed by atoms with Crippen LogP contribution in [0, 0.1) is 0 Å². The van der Waals surface area contributed by atoms with E-state index < -0.39 is 6.10 Å². The van der Waals surface area contributed by atoms with Gasteiger partial charge in [-0.25, -0.2) is 0 Å². The van der Waals surface area contributed by atoms with Crippen molar-refractivity contribution in [2.45, 2.75) is 70.9 Å². The first-order chi connectivity index (χ1) is 11.1. The molecular formula is C17H32O6. The Morgan fingerprint density at radius 1 is 1.09 bits per heavy atom. The monoisotopic (exact) mass is 332 g/mol. The predicted octanol–water partition coefficient (Wildman–Crippen LogP) is 2.33. The van der Waals surface area contributed by atoms with Crippen molar-refractivity contribution in [3.8, 4) is 0 Å². The summed E-state index contributed by atoms with van der Waals surface area (Å²) in [5.74, 6) is -0.349. The van der Waals surface area contributed by atoms with E-state index in [1.165, 1.54) is 6.92 Å². The summed E-state index contributed by atoms with van der Waals surface area (Å²) in [7, 11) is 1.60. The first kappa shape index (κ1) is 20.4. The Labute approximate surface area is 139 Å². The second-order valence-corrected chi connectivity index (χ2v) is 5.85. The summed E-state index contributed by atoms with van der Waals surface area (Å²) < 4.78 is 28.4. The quantitative estimate of drug-likeness (QED) is 0.427. The number of esters is 1. The van der Waals surface area contributed by atoms with E-state index in [0.717, 1.165) is 25.7 Å². The summed E-state index contributed by atoms with van der Waals surface area (Å²) in [5.41, 5.74) is 0. The van der Waals surface area contributed by atoms with E-state index in [2.05, 4.69) is 13.8 Å². The molecule has 0 amide bonds. The lowest BCUT2D eigenvalue weighted by atomic mass is 9.99. The Morgan fingerprint density at radius 3 is 2.30 bits per heavy atom. The third-order valence-electron chi connectivity index (χ3n) is 3.80. The van der Waals surface area contributed by atoms with Gasteiger partial charge in [0.25, 0.3) is 0 Å². The second kappa shape index (κ2) is 11.8. The molecule has 0 radical (unpaired) electrons. The number of hydrogen-bond donors (Lipinski definition) is 0. The summed E-state index contributed by atoms with van der Waals surface area (Å²) in [6.07, 6.45) is 2.66. The van der Waals surface area contributed by atoms with Crippen LogP contribution in [-0.2, 0) is 28.5 Å². The summed E-state index contributed by atoms with van der Waals surface area (Å²) in [5, 5.41) is 0. The van der Waals surface area contributed by atoms with Gasteiger partial charge in [-0.3, -0.25) is 4.79 Å². The SMILES string of the molecule is CCCCO[C@H]1[C@H](OC(C)=O)[C@@H](COC)OC[C@@H]1OCCCC. The molecule has 1 fully saturated rings. The van der Waals surface area contributed by atoms with Crippen molar-refractivity contribution in [2.24, 2.45) is 0 Å². The van der Waals surface area contributed by atoms with Crippen LogP contribution in [0.1, 0.15) is 46.5 Å². The van der Waals surface area contributed by atoms with Gasteiger partial charge >= 0.3 is 5.97 Å². The smallest absolute Gasteiger partial charge is 0.303 e. The van der Waals surface area contributed by atoms with Gasteiger partial charge in [0.2, 0.25) is 0 Å². The highest BCUT2D eigenvalue weighted by Crippen LogP contribution is 2.25. The zero-order valence-corrected chi connectivity index (χ0v) is 14.9. The fourth-order valence-electron chi connectivity index (χ4n) is 2.56. The van der Waals surface area contributed by atoms with Crippen molar-refractivity contribution in [2.75, 3.05) is 33.5 Å². The van der Waals surface area contributed by atoms with Crippen molar-refractivity contribution in [1.29, 1.82) is 0 Å². The number of carbonyl (C=O) groups excluding carboxylic acids is 1. The van der Waals surface area contributed by atoms with Crippen molar-refractivity contribution in [3.05, 3.63) is 0 Å². The molecule has 1 aliphatic rings. The molecule has 6 nitrogen and oxygen atoms in total. The van der Waals surface area contributed by atoms with Gasteiger partial charge in [0, 0.05) is 27.2 Å². The molecule has 0 aromatic rings. The van der Waals surface area contributed by atoms with Crippen LogP contribution < -0.4 is 0 Å². The third-order valence-corrected chi connectivity index (χ3v) is 3.80. The molecule has 4 atom stereocenters. The van der Waals surface area contributed by atoms with Crippen LogP contribution in [0.2, 0.25) is 0 Å². The Balaban J connectivity index is 2.78. The second-order valence-electron chi connectivity index (χ2n) is 5.85. The van der Waals surface area contributed by atoms with Crippen molar-refractivity contribution in [1.82, 2.24) is 0 Å². The molecule has 1 rings (SSSR count). The minimum atomic E-state index is -0.510. The molecule has 0 N–H and O–H groups in total. The van der Waals surface area contributed by atoms with Gasteiger partial charge in [-0.15, -0.1) is 0 Å². The average molecular weight is 332 g/mol. The molecule has 6 heteroatoms. The summed E-state index contributed by atoms with van der Waals surface area (Å²) in [6, 6.07) is 0. The summed E-state index contributed by atoms with van der Waals surface area (Å²) >= 11 is 0. The maximum atomic E-state index is 11.5. The molecule has 0 aromatic carbocycles. The van der Waals surface area contributed by atoms with Crippen LogP contribution in [0.5, 0.6) is 0 Å². The van der Waals surface area contributed by atoms with Crippen LogP contribution in [-0.4, -0.2) is 63.9 Å². The minimum absolute atomic E-state index is 0.226. The Kier molecular flexibility index (Phi) is 10.4. The fraction of sp³-hybridized carbons (Fsp3) is 0.941. The van der Waals surface area contributed by atoms with Gasteiger partial charge in [-0.1, -0.05) is 26.7 Å². The lowest BCUT2D eigenvalue weighted by Gasteiger charge is -2.41. The molecule has 0 bridgehead atoms. The first-order valence-electron chi connectivity index (χ1n) is 8.64. The Hall–Kier alpha value is -0.690. The van der Waals surface area contributed by atoms with E-state index in [9.17, 15) is 4.79 Å². The lowest BCUT2D eigenvalue weighted by molar-refractivity contribution is -0.234.